The fourth-order valence-corrected chi connectivity index (χ4v) is 2.00. The van der Waals surface area contributed by atoms with Crippen LogP contribution in [-0.4, -0.2) is 45.7 Å². The van der Waals surface area contributed by atoms with Crippen molar-refractivity contribution >= 4 is 22.9 Å². The van der Waals surface area contributed by atoms with Crippen LogP contribution in [0.4, 0.5) is 11.8 Å². The number of aromatic amines is 1. The van der Waals surface area contributed by atoms with Crippen molar-refractivity contribution in [1.82, 2.24) is 19.9 Å². The Morgan fingerprint density at radius 2 is 2.10 bits per heavy atom. The Kier molecular flexibility index (Phi) is 5.32. The summed E-state index contributed by atoms with van der Waals surface area (Å²) in [6.07, 6.45) is 1.63. The molecular weight excluding hydrogens is 268 g/mol. The van der Waals surface area contributed by atoms with Crippen LogP contribution in [0.1, 0.15) is 27.7 Å². The predicted octanol–water partition coefficient (Wildman–Crippen LogP) is 2.26. The number of fused-ring (bicyclic) bond motifs is 1. The predicted molar refractivity (Wildman–Crippen MR) is 84.6 cm³/mol. The zero-order valence-electron chi connectivity index (χ0n) is 13.1. The van der Waals surface area contributed by atoms with Crippen LogP contribution < -0.4 is 10.6 Å². The van der Waals surface area contributed by atoms with Gasteiger partial charge in [-0.15, -0.1) is 0 Å². The molecule has 2 aromatic heterocycles. The van der Waals surface area contributed by atoms with Crippen molar-refractivity contribution in [1.29, 1.82) is 0 Å². The van der Waals surface area contributed by atoms with E-state index in [0.29, 0.717) is 30.7 Å². The molecule has 2 aromatic rings. The molecule has 1 atom stereocenters. The maximum absolute atomic E-state index is 5.55. The SMILES string of the molecule is CCNc1nc(NC(COCC)C(C)C)c2[nH]cnc2n1. The summed E-state index contributed by atoms with van der Waals surface area (Å²) in [5.74, 6) is 1.76. The van der Waals surface area contributed by atoms with Gasteiger partial charge in [0.15, 0.2) is 11.5 Å². The molecule has 2 heterocycles. The van der Waals surface area contributed by atoms with Gasteiger partial charge in [0.05, 0.1) is 19.0 Å². The number of imidazole rings is 1. The number of H-pyrrole nitrogens is 1. The monoisotopic (exact) mass is 292 g/mol. The molecule has 0 fully saturated rings. The van der Waals surface area contributed by atoms with Crippen molar-refractivity contribution < 1.29 is 4.74 Å². The summed E-state index contributed by atoms with van der Waals surface area (Å²) >= 11 is 0. The Labute approximate surface area is 124 Å². The standard InChI is InChI=1S/C14H24N6O/c1-5-15-14-19-12-11(16-8-17-12)13(20-14)18-10(9(3)4)7-21-6-2/h8-10H,5-7H2,1-4H3,(H3,15,16,17,18,19,20). The first-order valence-corrected chi connectivity index (χ1v) is 7.44. The third-order valence-electron chi connectivity index (χ3n) is 3.25. The maximum atomic E-state index is 5.55. The molecule has 0 aliphatic heterocycles. The number of hydrogen-bond acceptors (Lipinski definition) is 6. The van der Waals surface area contributed by atoms with Gasteiger partial charge in [0, 0.05) is 13.2 Å². The number of ether oxygens (including phenoxy) is 1. The second kappa shape index (κ2) is 7.21. The molecule has 0 saturated carbocycles. The molecule has 0 aliphatic carbocycles. The Morgan fingerprint density at radius 1 is 1.29 bits per heavy atom. The minimum absolute atomic E-state index is 0.181. The molecular formula is C14H24N6O. The van der Waals surface area contributed by atoms with Gasteiger partial charge in [-0.3, -0.25) is 0 Å². The smallest absolute Gasteiger partial charge is 0.226 e. The zero-order chi connectivity index (χ0) is 15.2. The van der Waals surface area contributed by atoms with Crippen LogP contribution in [0.15, 0.2) is 6.33 Å². The van der Waals surface area contributed by atoms with Gasteiger partial charge in [-0.25, -0.2) is 4.98 Å². The van der Waals surface area contributed by atoms with E-state index in [1.807, 2.05) is 13.8 Å². The van der Waals surface area contributed by atoms with Gasteiger partial charge in [0.1, 0.15) is 5.52 Å². The molecule has 21 heavy (non-hydrogen) atoms. The van der Waals surface area contributed by atoms with Crippen LogP contribution in [0.2, 0.25) is 0 Å². The summed E-state index contributed by atoms with van der Waals surface area (Å²) in [7, 11) is 0. The molecule has 7 heteroatoms. The van der Waals surface area contributed by atoms with E-state index in [-0.39, 0.29) is 6.04 Å². The van der Waals surface area contributed by atoms with Gasteiger partial charge in [0.25, 0.3) is 0 Å². The van der Waals surface area contributed by atoms with Crippen LogP contribution >= 0.6 is 0 Å². The first-order chi connectivity index (χ1) is 10.2. The van der Waals surface area contributed by atoms with Crippen LogP contribution in [0.5, 0.6) is 0 Å². The van der Waals surface area contributed by atoms with E-state index in [2.05, 4.69) is 44.4 Å². The second-order valence-corrected chi connectivity index (χ2v) is 5.18. The molecule has 0 spiro atoms. The third-order valence-corrected chi connectivity index (χ3v) is 3.25. The van der Waals surface area contributed by atoms with Crippen molar-refractivity contribution in [3.8, 4) is 0 Å². The van der Waals surface area contributed by atoms with Crippen molar-refractivity contribution in [2.45, 2.75) is 33.7 Å². The van der Waals surface area contributed by atoms with Crippen molar-refractivity contribution in [3.05, 3.63) is 6.33 Å². The van der Waals surface area contributed by atoms with E-state index in [4.69, 9.17) is 4.74 Å². The number of nitrogens with one attached hydrogen (secondary N) is 3. The number of hydrogen-bond donors (Lipinski definition) is 3. The topological polar surface area (TPSA) is 87.8 Å². The molecule has 0 saturated heterocycles. The highest BCUT2D eigenvalue weighted by Crippen LogP contribution is 2.21. The Balaban J connectivity index is 2.27. The van der Waals surface area contributed by atoms with Crippen LogP contribution in [0.3, 0.4) is 0 Å². The lowest BCUT2D eigenvalue weighted by molar-refractivity contribution is 0.126. The van der Waals surface area contributed by atoms with Crippen LogP contribution in [-0.2, 0) is 4.74 Å². The normalized spacial score (nSPS) is 12.8. The first-order valence-electron chi connectivity index (χ1n) is 7.44. The summed E-state index contributed by atoms with van der Waals surface area (Å²) in [5, 5.41) is 6.58. The van der Waals surface area contributed by atoms with Gasteiger partial charge < -0.3 is 20.4 Å². The van der Waals surface area contributed by atoms with Crippen LogP contribution in [0.25, 0.3) is 11.2 Å². The summed E-state index contributed by atoms with van der Waals surface area (Å²) in [6, 6.07) is 0.181. The highest BCUT2D eigenvalue weighted by molar-refractivity contribution is 5.83. The molecule has 0 amide bonds. The first kappa shape index (κ1) is 15.5. The summed E-state index contributed by atoms with van der Waals surface area (Å²) in [5.41, 5.74) is 1.47. The van der Waals surface area contributed by atoms with Gasteiger partial charge in [0.2, 0.25) is 5.95 Å². The summed E-state index contributed by atoms with van der Waals surface area (Å²) in [6.45, 7) is 10.4. The van der Waals surface area contributed by atoms with Gasteiger partial charge in [-0.2, -0.15) is 9.97 Å². The van der Waals surface area contributed by atoms with Gasteiger partial charge >= 0.3 is 0 Å². The molecule has 0 bridgehead atoms. The Hall–Kier alpha value is -1.89. The molecule has 0 aromatic carbocycles. The number of nitrogens with zero attached hydrogens (tertiary/aromatic N) is 3. The van der Waals surface area contributed by atoms with E-state index in [0.717, 1.165) is 17.9 Å². The Bertz CT molecular complexity index is 568. The maximum Gasteiger partial charge on any atom is 0.226 e. The summed E-state index contributed by atoms with van der Waals surface area (Å²) < 4.78 is 5.55. The Morgan fingerprint density at radius 3 is 2.76 bits per heavy atom. The van der Waals surface area contributed by atoms with E-state index in [1.165, 1.54) is 0 Å². The minimum atomic E-state index is 0.181. The van der Waals surface area contributed by atoms with Crippen molar-refractivity contribution in [3.63, 3.8) is 0 Å². The van der Waals surface area contributed by atoms with Gasteiger partial charge in [-0.05, 0) is 19.8 Å². The average Bonchev–Trinajstić information content (AvgIpc) is 2.91. The van der Waals surface area contributed by atoms with E-state index < -0.39 is 0 Å². The van der Waals surface area contributed by atoms with E-state index >= 15 is 0 Å². The van der Waals surface area contributed by atoms with E-state index in [1.54, 1.807) is 6.33 Å². The quantitative estimate of drug-likeness (QED) is 0.691. The van der Waals surface area contributed by atoms with Gasteiger partial charge in [-0.1, -0.05) is 13.8 Å². The minimum Gasteiger partial charge on any atom is -0.380 e. The molecule has 0 radical (unpaired) electrons. The number of aromatic nitrogens is 4. The lowest BCUT2D eigenvalue weighted by Crippen LogP contribution is -2.31. The summed E-state index contributed by atoms with van der Waals surface area (Å²) in [4.78, 5) is 16.2. The average molecular weight is 292 g/mol. The highest BCUT2D eigenvalue weighted by Gasteiger charge is 2.17. The molecule has 0 aliphatic rings. The number of anilines is 2. The molecule has 116 valence electrons. The largest absolute Gasteiger partial charge is 0.380 e. The zero-order valence-corrected chi connectivity index (χ0v) is 13.1. The molecule has 2 rings (SSSR count). The fourth-order valence-electron chi connectivity index (χ4n) is 2.00. The van der Waals surface area contributed by atoms with Crippen molar-refractivity contribution in [2.75, 3.05) is 30.4 Å². The fraction of sp³-hybridized carbons (Fsp3) is 0.643. The number of rotatable bonds is 8. The van der Waals surface area contributed by atoms with Crippen LogP contribution in [0, 0.1) is 5.92 Å². The lowest BCUT2D eigenvalue weighted by Gasteiger charge is -2.23. The molecule has 3 N–H and O–H groups in total. The second-order valence-electron chi connectivity index (χ2n) is 5.18. The third kappa shape index (κ3) is 3.81. The lowest BCUT2D eigenvalue weighted by atomic mass is 10.1. The molecule has 7 nitrogen and oxygen atoms in total. The van der Waals surface area contributed by atoms with Crippen molar-refractivity contribution in [2.24, 2.45) is 5.92 Å². The van der Waals surface area contributed by atoms with E-state index in [9.17, 15) is 0 Å². The molecule has 1 unspecified atom stereocenters. The highest BCUT2D eigenvalue weighted by atomic mass is 16.5.